The SMILES string of the molecule is CCOc1ccc(/C(O)=C2\C(=O)C(=O)N(c3ccccc3O)C2c2ccccc2OC)cc1C. The van der Waals surface area contributed by atoms with Gasteiger partial charge in [0.1, 0.15) is 23.0 Å². The van der Waals surface area contributed by atoms with E-state index in [1.807, 2.05) is 13.8 Å². The number of anilines is 1. The number of benzene rings is 3. The molecule has 1 unspecified atom stereocenters. The molecule has 3 aromatic rings. The highest BCUT2D eigenvalue weighted by molar-refractivity contribution is 6.52. The van der Waals surface area contributed by atoms with Crippen molar-refractivity contribution in [3.8, 4) is 17.2 Å². The van der Waals surface area contributed by atoms with Crippen molar-refractivity contribution in [3.63, 3.8) is 0 Å². The van der Waals surface area contributed by atoms with Crippen molar-refractivity contribution < 1.29 is 29.3 Å². The third-order valence-corrected chi connectivity index (χ3v) is 5.77. The van der Waals surface area contributed by atoms with Crippen LogP contribution in [-0.2, 0) is 9.59 Å². The second kappa shape index (κ2) is 9.31. The maximum atomic E-state index is 13.3. The molecule has 3 aromatic carbocycles. The number of hydrogen-bond donors (Lipinski definition) is 2. The van der Waals surface area contributed by atoms with Crippen LogP contribution >= 0.6 is 0 Å². The van der Waals surface area contributed by atoms with E-state index in [9.17, 15) is 19.8 Å². The van der Waals surface area contributed by atoms with Crippen molar-refractivity contribution in [3.05, 3.63) is 89.0 Å². The van der Waals surface area contributed by atoms with Gasteiger partial charge in [0.2, 0.25) is 0 Å². The summed E-state index contributed by atoms with van der Waals surface area (Å²) in [7, 11) is 1.49. The van der Waals surface area contributed by atoms with Crippen LogP contribution < -0.4 is 14.4 Å². The predicted molar refractivity (Wildman–Crippen MR) is 128 cm³/mol. The molecule has 0 aromatic heterocycles. The number of methoxy groups -OCH3 is 1. The van der Waals surface area contributed by atoms with Crippen LogP contribution in [0.15, 0.2) is 72.3 Å². The first-order chi connectivity index (χ1) is 16.4. The molecule has 1 amide bonds. The number of para-hydroxylation sites is 3. The Morgan fingerprint density at radius 1 is 1.00 bits per heavy atom. The maximum absolute atomic E-state index is 13.3. The zero-order valence-corrected chi connectivity index (χ0v) is 19.1. The Balaban J connectivity index is 1.97. The molecule has 0 spiro atoms. The number of ether oxygens (including phenoxy) is 2. The number of phenolic OH excluding ortho intramolecular Hbond substituents is 1. The van der Waals surface area contributed by atoms with Crippen LogP contribution in [0.5, 0.6) is 17.2 Å². The summed E-state index contributed by atoms with van der Waals surface area (Å²) in [5.41, 5.74) is 1.70. The Hall–Kier alpha value is -4.26. The molecule has 34 heavy (non-hydrogen) atoms. The third-order valence-electron chi connectivity index (χ3n) is 5.77. The fourth-order valence-electron chi connectivity index (χ4n) is 4.21. The van der Waals surface area contributed by atoms with Crippen molar-refractivity contribution in [1.29, 1.82) is 0 Å². The third kappa shape index (κ3) is 3.85. The molecule has 1 heterocycles. The summed E-state index contributed by atoms with van der Waals surface area (Å²) >= 11 is 0. The number of aromatic hydroxyl groups is 1. The molecule has 1 aliphatic heterocycles. The van der Waals surface area contributed by atoms with Gasteiger partial charge in [-0.25, -0.2) is 0 Å². The van der Waals surface area contributed by atoms with Gasteiger partial charge in [-0.2, -0.15) is 0 Å². The average Bonchev–Trinajstić information content (AvgIpc) is 3.10. The van der Waals surface area contributed by atoms with E-state index in [-0.39, 0.29) is 22.8 Å². The molecule has 1 aliphatic rings. The summed E-state index contributed by atoms with van der Waals surface area (Å²) in [6.07, 6.45) is 0. The first-order valence-corrected chi connectivity index (χ1v) is 10.8. The van der Waals surface area contributed by atoms with Crippen LogP contribution in [0.4, 0.5) is 5.69 Å². The number of Topliss-reactive ketones (excluding diaryl/α,β-unsaturated/α-hetero) is 1. The Bertz CT molecular complexity index is 1300. The van der Waals surface area contributed by atoms with Crippen molar-refractivity contribution in [1.82, 2.24) is 0 Å². The second-order valence-electron chi connectivity index (χ2n) is 7.81. The van der Waals surface area contributed by atoms with Gasteiger partial charge in [-0.3, -0.25) is 14.5 Å². The van der Waals surface area contributed by atoms with Gasteiger partial charge < -0.3 is 19.7 Å². The lowest BCUT2D eigenvalue weighted by Crippen LogP contribution is -2.29. The molecule has 1 fully saturated rings. The van der Waals surface area contributed by atoms with Gasteiger partial charge in [-0.05, 0) is 55.8 Å². The van der Waals surface area contributed by atoms with Crippen molar-refractivity contribution in [2.45, 2.75) is 19.9 Å². The average molecular weight is 459 g/mol. The molecule has 1 saturated heterocycles. The lowest BCUT2D eigenvalue weighted by atomic mass is 9.94. The minimum atomic E-state index is -1.02. The molecule has 7 nitrogen and oxygen atoms in total. The van der Waals surface area contributed by atoms with Crippen molar-refractivity contribution in [2.24, 2.45) is 0 Å². The number of aliphatic hydroxyl groups is 1. The molecular formula is C27H25NO6. The molecule has 0 radical (unpaired) electrons. The smallest absolute Gasteiger partial charge is 0.300 e. The van der Waals surface area contributed by atoms with E-state index in [2.05, 4.69) is 0 Å². The van der Waals surface area contributed by atoms with Crippen LogP contribution in [0.25, 0.3) is 5.76 Å². The Kier molecular flexibility index (Phi) is 6.27. The molecule has 0 bridgehead atoms. The van der Waals surface area contributed by atoms with Gasteiger partial charge in [-0.15, -0.1) is 0 Å². The number of carbonyl (C=O) groups is 2. The van der Waals surface area contributed by atoms with Crippen LogP contribution in [-0.4, -0.2) is 35.6 Å². The molecule has 2 N–H and O–H groups in total. The van der Waals surface area contributed by atoms with Crippen molar-refractivity contribution >= 4 is 23.1 Å². The summed E-state index contributed by atoms with van der Waals surface area (Å²) in [5, 5.41) is 21.8. The van der Waals surface area contributed by atoms with Gasteiger partial charge >= 0.3 is 0 Å². The molecule has 4 rings (SSSR count). The summed E-state index contributed by atoms with van der Waals surface area (Å²) in [4.78, 5) is 27.7. The van der Waals surface area contributed by atoms with Crippen LogP contribution in [0, 0.1) is 6.92 Å². The lowest BCUT2D eigenvalue weighted by molar-refractivity contribution is -0.132. The maximum Gasteiger partial charge on any atom is 0.300 e. The van der Waals surface area contributed by atoms with E-state index < -0.39 is 17.7 Å². The van der Waals surface area contributed by atoms with E-state index in [1.54, 1.807) is 60.7 Å². The first-order valence-electron chi connectivity index (χ1n) is 10.8. The van der Waals surface area contributed by atoms with E-state index in [0.29, 0.717) is 29.2 Å². The van der Waals surface area contributed by atoms with Gasteiger partial charge in [0.15, 0.2) is 0 Å². The Morgan fingerprint density at radius 3 is 2.38 bits per heavy atom. The summed E-state index contributed by atoms with van der Waals surface area (Å²) in [6.45, 7) is 4.20. The van der Waals surface area contributed by atoms with E-state index in [1.165, 1.54) is 18.1 Å². The number of amides is 1. The number of nitrogens with zero attached hydrogens (tertiary/aromatic N) is 1. The number of aryl methyl sites for hydroxylation is 1. The standard InChI is InChI=1S/C27H25NO6/c1-4-34-21-14-13-17(15-16(21)2)25(30)23-24(18-9-5-8-12-22(18)33-3)28(27(32)26(23)31)19-10-6-7-11-20(19)29/h5-15,24,29-30H,4H2,1-3H3/b25-23+. The van der Waals surface area contributed by atoms with Gasteiger partial charge in [0.05, 0.1) is 31.0 Å². The fraction of sp³-hybridized carbons (Fsp3) is 0.185. The first kappa shape index (κ1) is 22.9. The minimum Gasteiger partial charge on any atom is -0.507 e. The van der Waals surface area contributed by atoms with Crippen LogP contribution in [0.3, 0.4) is 0 Å². The highest BCUT2D eigenvalue weighted by atomic mass is 16.5. The molecule has 0 saturated carbocycles. The Labute approximate surface area is 197 Å². The summed E-state index contributed by atoms with van der Waals surface area (Å²) < 4.78 is 11.1. The zero-order chi connectivity index (χ0) is 24.4. The van der Waals surface area contributed by atoms with Gasteiger partial charge in [0.25, 0.3) is 11.7 Å². The van der Waals surface area contributed by atoms with E-state index in [4.69, 9.17) is 9.47 Å². The predicted octanol–water partition coefficient (Wildman–Crippen LogP) is 4.73. The van der Waals surface area contributed by atoms with Crippen molar-refractivity contribution in [2.75, 3.05) is 18.6 Å². The van der Waals surface area contributed by atoms with E-state index in [0.717, 1.165) is 5.56 Å². The zero-order valence-electron chi connectivity index (χ0n) is 19.1. The van der Waals surface area contributed by atoms with Crippen LogP contribution in [0.2, 0.25) is 0 Å². The molecule has 7 heteroatoms. The summed E-state index contributed by atoms with van der Waals surface area (Å²) in [5.74, 6) is -1.11. The number of ketones is 1. The molecule has 0 aliphatic carbocycles. The lowest BCUT2D eigenvalue weighted by Gasteiger charge is -2.27. The highest BCUT2D eigenvalue weighted by Gasteiger charge is 2.48. The van der Waals surface area contributed by atoms with Gasteiger partial charge in [0, 0.05) is 11.1 Å². The topological polar surface area (TPSA) is 96.3 Å². The van der Waals surface area contributed by atoms with Gasteiger partial charge in [-0.1, -0.05) is 30.3 Å². The monoisotopic (exact) mass is 459 g/mol. The number of rotatable bonds is 6. The van der Waals surface area contributed by atoms with Crippen LogP contribution in [0.1, 0.15) is 29.7 Å². The highest BCUT2D eigenvalue weighted by Crippen LogP contribution is 2.46. The normalized spacial score (nSPS) is 17.1. The minimum absolute atomic E-state index is 0.0960. The molecule has 174 valence electrons. The second-order valence-corrected chi connectivity index (χ2v) is 7.81. The number of carbonyl (C=O) groups excluding carboxylic acids is 2. The molecule has 1 atom stereocenters. The number of phenols is 1. The Morgan fingerprint density at radius 2 is 1.71 bits per heavy atom. The largest absolute Gasteiger partial charge is 0.507 e. The molecular weight excluding hydrogens is 434 g/mol. The number of hydrogen-bond acceptors (Lipinski definition) is 6. The van der Waals surface area contributed by atoms with E-state index >= 15 is 0 Å². The number of aliphatic hydroxyl groups excluding tert-OH is 1. The summed E-state index contributed by atoms with van der Waals surface area (Å²) in [6, 6.07) is 17.2. The quantitative estimate of drug-likeness (QED) is 0.314. The fourth-order valence-corrected chi connectivity index (χ4v) is 4.21.